The summed E-state index contributed by atoms with van der Waals surface area (Å²) in [6, 6.07) is 10.1. The summed E-state index contributed by atoms with van der Waals surface area (Å²) in [5, 5.41) is 5.92. The zero-order valence-electron chi connectivity index (χ0n) is 14.0. The highest BCUT2D eigenvalue weighted by Crippen LogP contribution is 2.17. The van der Waals surface area contributed by atoms with E-state index >= 15 is 0 Å². The molecule has 5 nitrogen and oxygen atoms in total. The minimum absolute atomic E-state index is 0.0584. The van der Waals surface area contributed by atoms with Gasteiger partial charge in [-0.2, -0.15) is 0 Å². The molecule has 1 heterocycles. The number of carbonyl (C=O) groups excluding carboxylic acids is 2. The number of piperidine rings is 1. The first kappa shape index (κ1) is 17.5. The molecule has 1 saturated heterocycles. The van der Waals surface area contributed by atoms with E-state index in [1.165, 1.54) is 0 Å². The van der Waals surface area contributed by atoms with Gasteiger partial charge in [0.25, 0.3) is 0 Å². The normalized spacial score (nSPS) is 16.3. The average Bonchev–Trinajstić information content (AvgIpc) is 2.53. The maximum Gasteiger partial charge on any atom is 0.234 e. The molecule has 5 heteroatoms. The largest absolute Gasteiger partial charge is 0.353 e. The second-order valence-electron chi connectivity index (χ2n) is 6.48. The molecule has 0 radical (unpaired) electrons. The maximum atomic E-state index is 12.2. The number of likely N-dealkylation sites (tertiary alicyclic amines) is 1. The summed E-state index contributed by atoms with van der Waals surface area (Å²) in [5.74, 6) is 0.246. The van der Waals surface area contributed by atoms with Gasteiger partial charge in [0.1, 0.15) is 0 Å². The van der Waals surface area contributed by atoms with Crippen molar-refractivity contribution in [1.29, 1.82) is 0 Å². The number of benzene rings is 1. The molecular formula is C18H27N3O2. The van der Waals surface area contributed by atoms with Gasteiger partial charge >= 0.3 is 0 Å². The molecule has 23 heavy (non-hydrogen) atoms. The monoisotopic (exact) mass is 317 g/mol. The van der Waals surface area contributed by atoms with Crippen molar-refractivity contribution in [3.8, 4) is 0 Å². The number of amides is 2. The van der Waals surface area contributed by atoms with Gasteiger partial charge in [-0.1, -0.05) is 30.3 Å². The first-order valence-corrected chi connectivity index (χ1v) is 8.38. The molecule has 126 valence electrons. The lowest BCUT2D eigenvalue weighted by Crippen LogP contribution is -2.45. The molecule has 2 N–H and O–H groups in total. The van der Waals surface area contributed by atoms with Crippen molar-refractivity contribution >= 4 is 11.8 Å². The summed E-state index contributed by atoms with van der Waals surface area (Å²) in [6.45, 7) is 6.53. The van der Waals surface area contributed by atoms with Gasteiger partial charge < -0.3 is 10.6 Å². The fourth-order valence-corrected chi connectivity index (χ4v) is 2.85. The minimum atomic E-state index is 0.0584. The fraction of sp³-hybridized carbons (Fsp3) is 0.556. The third-order valence-corrected chi connectivity index (χ3v) is 4.08. The summed E-state index contributed by atoms with van der Waals surface area (Å²) in [4.78, 5) is 26.1. The summed E-state index contributed by atoms with van der Waals surface area (Å²) >= 11 is 0. The van der Waals surface area contributed by atoms with Crippen molar-refractivity contribution in [3.05, 3.63) is 35.9 Å². The molecule has 1 aliphatic rings. The van der Waals surface area contributed by atoms with Crippen LogP contribution in [0.3, 0.4) is 0 Å². The highest BCUT2D eigenvalue weighted by Gasteiger charge is 2.25. The molecule has 0 aliphatic carbocycles. The molecule has 0 saturated carbocycles. The minimum Gasteiger partial charge on any atom is -0.353 e. The van der Waals surface area contributed by atoms with Gasteiger partial charge in [0.15, 0.2) is 0 Å². The molecule has 0 spiro atoms. The zero-order chi connectivity index (χ0) is 16.7. The summed E-state index contributed by atoms with van der Waals surface area (Å²) < 4.78 is 0. The lowest BCUT2D eigenvalue weighted by Gasteiger charge is -2.30. The number of nitrogens with zero attached hydrogens (tertiary/aromatic N) is 1. The smallest absolute Gasteiger partial charge is 0.234 e. The highest BCUT2D eigenvalue weighted by molar-refractivity contribution is 5.79. The Morgan fingerprint density at radius 3 is 2.43 bits per heavy atom. The zero-order valence-corrected chi connectivity index (χ0v) is 14.0. The van der Waals surface area contributed by atoms with Gasteiger partial charge in [-0.3, -0.25) is 14.5 Å². The molecular weight excluding hydrogens is 290 g/mol. The van der Waals surface area contributed by atoms with Gasteiger partial charge in [-0.15, -0.1) is 0 Å². The van der Waals surface area contributed by atoms with Crippen LogP contribution in [0.1, 0.15) is 32.3 Å². The van der Waals surface area contributed by atoms with E-state index in [0.717, 1.165) is 31.5 Å². The molecule has 1 fully saturated rings. The third-order valence-electron chi connectivity index (χ3n) is 4.08. The molecule has 0 aromatic heterocycles. The third kappa shape index (κ3) is 6.02. The standard InChI is InChI=1S/C18H27N3O2/c1-14(2)20-17(22)13-21-10-8-16(9-11-21)18(23)19-12-15-6-4-3-5-7-15/h3-7,14,16H,8-13H2,1-2H3,(H,19,23)(H,20,22). The van der Waals surface area contributed by atoms with Crippen molar-refractivity contribution in [2.24, 2.45) is 5.92 Å². The van der Waals surface area contributed by atoms with Crippen LogP contribution in [0, 0.1) is 5.92 Å². The van der Waals surface area contributed by atoms with Crippen molar-refractivity contribution in [2.45, 2.75) is 39.3 Å². The van der Waals surface area contributed by atoms with E-state index in [1.54, 1.807) is 0 Å². The Bertz CT molecular complexity index is 508. The Morgan fingerprint density at radius 1 is 1.17 bits per heavy atom. The van der Waals surface area contributed by atoms with Gasteiger partial charge in [0.2, 0.25) is 11.8 Å². The Balaban J connectivity index is 1.69. The van der Waals surface area contributed by atoms with E-state index < -0.39 is 0 Å². The van der Waals surface area contributed by atoms with Crippen LogP contribution in [0.5, 0.6) is 0 Å². The molecule has 1 aliphatic heterocycles. The SMILES string of the molecule is CC(C)NC(=O)CN1CCC(C(=O)NCc2ccccc2)CC1. The molecule has 1 aromatic rings. The van der Waals surface area contributed by atoms with E-state index in [1.807, 2.05) is 44.2 Å². The van der Waals surface area contributed by atoms with Crippen molar-refractivity contribution in [3.63, 3.8) is 0 Å². The fourth-order valence-electron chi connectivity index (χ4n) is 2.85. The molecule has 0 unspecified atom stereocenters. The number of hydrogen-bond acceptors (Lipinski definition) is 3. The topological polar surface area (TPSA) is 61.4 Å². The first-order valence-electron chi connectivity index (χ1n) is 8.38. The van der Waals surface area contributed by atoms with Crippen LogP contribution >= 0.6 is 0 Å². The number of nitrogens with one attached hydrogen (secondary N) is 2. The quantitative estimate of drug-likeness (QED) is 0.837. The Hall–Kier alpha value is -1.88. The van der Waals surface area contributed by atoms with Gasteiger partial charge in [-0.05, 0) is 45.3 Å². The second kappa shape index (κ2) is 8.67. The molecule has 0 atom stereocenters. The van der Waals surface area contributed by atoms with Crippen molar-refractivity contribution in [1.82, 2.24) is 15.5 Å². The van der Waals surface area contributed by atoms with Crippen LogP contribution in [-0.2, 0) is 16.1 Å². The number of carbonyl (C=O) groups is 2. The van der Waals surface area contributed by atoms with Crippen molar-refractivity contribution in [2.75, 3.05) is 19.6 Å². The number of hydrogen-bond donors (Lipinski definition) is 2. The van der Waals surface area contributed by atoms with E-state index in [2.05, 4.69) is 15.5 Å². The van der Waals surface area contributed by atoms with Gasteiger partial charge in [0.05, 0.1) is 6.54 Å². The Labute approximate surface area is 138 Å². The summed E-state index contributed by atoms with van der Waals surface area (Å²) in [5.41, 5.74) is 1.11. The van der Waals surface area contributed by atoms with Crippen LogP contribution in [0.2, 0.25) is 0 Å². The van der Waals surface area contributed by atoms with Crippen LogP contribution in [0.15, 0.2) is 30.3 Å². The predicted octanol–water partition coefficient (Wildman–Crippen LogP) is 1.54. The second-order valence-corrected chi connectivity index (χ2v) is 6.48. The number of rotatable bonds is 6. The summed E-state index contributed by atoms with van der Waals surface area (Å²) in [6.07, 6.45) is 1.63. The Morgan fingerprint density at radius 2 is 1.83 bits per heavy atom. The lowest BCUT2D eigenvalue weighted by molar-refractivity contribution is -0.127. The highest BCUT2D eigenvalue weighted by atomic mass is 16.2. The van der Waals surface area contributed by atoms with Crippen LogP contribution in [-0.4, -0.2) is 42.4 Å². The van der Waals surface area contributed by atoms with Crippen molar-refractivity contribution < 1.29 is 9.59 Å². The Kier molecular flexibility index (Phi) is 6.59. The average molecular weight is 317 g/mol. The van der Waals surface area contributed by atoms with Gasteiger partial charge in [0, 0.05) is 18.5 Å². The summed E-state index contributed by atoms with van der Waals surface area (Å²) in [7, 11) is 0. The lowest BCUT2D eigenvalue weighted by atomic mass is 9.96. The first-order chi connectivity index (χ1) is 11.0. The maximum absolute atomic E-state index is 12.2. The van der Waals surface area contributed by atoms with E-state index in [9.17, 15) is 9.59 Å². The van der Waals surface area contributed by atoms with Crippen LogP contribution < -0.4 is 10.6 Å². The van der Waals surface area contributed by atoms with Gasteiger partial charge in [-0.25, -0.2) is 0 Å². The molecule has 1 aromatic carbocycles. The molecule has 2 amide bonds. The predicted molar refractivity (Wildman–Crippen MR) is 90.7 cm³/mol. The molecule has 0 bridgehead atoms. The van der Waals surface area contributed by atoms with E-state index in [4.69, 9.17) is 0 Å². The van der Waals surface area contributed by atoms with Crippen LogP contribution in [0.25, 0.3) is 0 Å². The van der Waals surface area contributed by atoms with E-state index in [0.29, 0.717) is 13.1 Å². The van der Waals surface area contributed by atoms with Crippen LogP contribution in [0.4, 0.5) is 0 Å². The molecule has 2 rings (SSSR count). The van der Waals surface area contributed by atoms with E-state index in [-0.39, 0.29) is 23.8 Å².